The average molecular weight is 401 g/mol. The van der Waals surface area contributed by atoms with Gasteiger partial charge in [-0.05, 0) is 25.0 Å². The average Bonchev–Trinajstić information content (AvgIpc) is 2.66. The van der Waals surface area contributed by atoms with Gasteiger partial charge in [0.2, 0.25) is 10.0 Å². The van der Waals surface area contributed by atoms with E-state index in [1.807, 2.05) is 0 Å². The second kappa shape index (κ2) is 5.41. The molecule has 0 saturated carbocycles. The van der Waals surface area contributed by atoms with Crippen molar-refractivity contribution in [3.63, 3.8) is 0 Å². The van der Waals surface area contributed by atoms with Crippen LogP contribution in [0.25, 0.3) is 0 Å². The highest BCUT2D eigenvalue weighted by Gasteiger charge is 2.40. The molecule has 0 N–H and O–H groups in total. The van der Waals surface area contributed by atoms with Crippen LogP contribution in [0, 0.1) is 0 Å². The highest BCUT2D eigenvalue weighted by molar-refractivity contribution is 9.10. The highest BCUT2D eigenvalue weighted by atomic mass is 79.9. The molecule has 3 rings (SSSR count). The SMILES string of the molecule is O=S(=O)(c1c(Cl)cc(Br)cc1Cl)N1CC2CCC(C1)O2. The van der Waals surface area contributed by atoms with Crippen molar-refractivity contribution in [3.05, 3.63) is 26.7 Å². The van der Waals surface area contributed by atoms with Crippen LogP contribution in [0.4, 0.5) is 0 Å². The van der Waals surface area contributed by atoms with Gasteiger partial charge in [0, 0.05) is 17.6 Å². The van der Waals surface area contributed by atoms with E-state index < -0.39 is 10.0 Å². The van der Waals surface area contributed by atoms with Crippen LogP contribution in [0.15, 0.2) is 21.5 Å². The van der Waals surface area contributed by atoms with Crippen molar-refractivity contribution in [2.75, 3.05) is 13.1 Å². The molecule has 0 spiro atoms. The molecule has 4 nitrogen and oxygen atoms in total. The first kappa shape index (κ1) is 15.1. The van der Waals surface area contributed by atoms with Gasteiger partial charge in [0.15, 0.2) is 0 Å². The summed E-state index contributed by atoms with van der Waals surface area (Å²) in [6.45, 7) is 0.725. The molecule has 0 amide bonds. The van der Waals surface area contributed by atoms with Gasteiger partial charge in [-0.1, -0.05) is 39.1 Å². The second-order valence-corrected chi connectivity index (χ2v) is 8.58. The quantitative estimate of drug-likeness (QED) is 0.764. The summed E-state index contributed by atoms with van der Waals surface area (Å²) in [6.07, 6.45) is 1.77. The maximum atomic E-state index is 12.7. The number of hydrogen-bond acceptors (Lipinski definition) is 3. The van der Waals surface area contributed by atoms with E-state index in [2.05, 4.69) is 15.9 Å². The Labute approximate surface area is 136 Å². The van der Waals surface area contributed by atoms with Crippen molar-refractivity contribution in [1.82, 2.24) is 4.31 Å². The number of rotatable bonds is 2. The summed E-state index contributed by atoms with van der Waals surface area (Å²) in [7, 11) is -3.70. The highest BCUT2D eigenvalue weighted by Crippen LogP contribution is 2.37. The van der Waals surface area contributed by atoms with Crippen molar-refractivity contribution in [3.8, 4) is 0 Å². The largest absolute Gasteiger partial charge is 0.372 e. The summed E-state index contributed by atoms with van der Waals surface area (Å²) in [5.74, 6) is 0. The lowest BCUT2D eigenvalue weighted by Crippen LogP contribution is -2.45. The van der Waals surface area contributed by atoms with E-state index in [-0.39, 0.29) is 27.1 Å². The lowest BCUT2D eigenvalue weighted by molar-refractivity contribution is -0.0114. The first-order valence-corrected chi connectivity index (χ1v) is 9.17. The third kappa shape index (κ3) is 2.62. The van der Waals surface area contributed by atoms with Crippen molar-refractivity contribution in [1.29, 1.82) is 0 Å². The Kier molecular flexibility index (Phi) is 4.07. The van der Waals surface area contributed by atoms with E-state index in [1.54, 1.807) is 0 Å². The van der Waals surface area contributed by atoms with E-state index in [0.717, 1.165) is 12.8 Å². The molecular formula is C12H12BrCl2NO3S. The molecule has 2 unspecified atom stereocenters. The first-order chi connectivity index (χ1) is 9.38. The molecule has 2 bridgehead atoms. The van der Waals surface area contributed by atoms with Crippen molar-refractivity contribution in [2.45, 2.75) is 29.9 Å². The Morgan fingerprint density at radius 1 is 1.15 bits per heavy atom. The Balaban J connectivity index is 2.00. The molecule has 1 aromatic carbocycles. The van der Waals surface area contributed by atoms with Crippen LogP contribution in [0.3, 0.4) is 0 Å². The normalized spacial score (nSPS) is 26.9. The number of fused-ring (bicyclic) bond motifs is 2. The third-order valence-electron chi connectivity index (χ3n) is 3.57. The number of benzene rings is 1. The smallest absolute Gasteiger partial charge is 0.246 e. The summed E-state index contributed by atoms with van der Waals surface area (Å²) in [6, 6.07) is 3.07. The third-order valence-corrected chi connectivity index (χ3v) is 6.78. The number of halogens is 3. The molecule has 2 aliphatic heterocycles. The van der Waals surface area contributed by atoms with Gasteiger partial charge in [-0.3, -0.25) is 0 Å². The number of morpholine rings is 1. The maximum absolute atomic E-state index is 12.7. The second-order valence-electron chi connectivity index (χ2n) is 4.98. The number of sulfonamides is 1. The van der Waals surface area contributed by atoms with E-state index in [9.17, 15) is 8.42 Å². The Morgan fingerprint density at radius 3 is 2.15 bits per heavy atom. The standard InChI is InChI=1S/C12H12BrCl2NO3S/c13-7-3-10(14)12(11(15)4-7)20(17,18)16-5-8-1-2-9(6-16)19-8/h3-4,8-9H,1-2,5-6H2. The fourth-order valence-electron chi connectivity index (χ4n) is 2.68. The fraction of sp³-hybridized carbons (Fsp3) is 0.500. The lowest BCUT2D eigenvalue weighted by atomic mass is 10.2. The zero-order valence-electron chi connectivity index (χ0n) is 10.4. The number of ether oxygens (including phenoxy) is 1. The van der Waals surface area contributed by atoms with Crippen LogP contribution in [0.5, 0.6) is 0 Å². The van der Waals surface area contributed by atoms with Gasteiger partial charge in [0.05, 0.1) is 22.3 Å². The molecule has 2 aliphatic rings. The van der Waals surface area contributed by atoms with Gasteiger partial charge < -0.3 is 4.74 Å². The minimum Gasteiger partial charge on any atom is -0.372 e. The topological polar surface area (TPSA) is 46.6 Å². The van der Waals surface area contributed by atoms with Gasteiger partial charge in [0.25, 0.3) is 0 Å². The summed E-state index contributed by atoms with van der Waals surface area (Å²) < 4.78 is 33.2. The summed E-state index contributed by atoms with van der Waals surface area (Å²) in [4.78, 5) is -0.0228. The molecule has 1 aromatic rings. The van der Waals surface area contributed by atoms with Crippen LogP contribution >= 0.6 is 39.1 Å². The predicted molar refractivity (Wildman–Crippen MR) is 80.8 cm³/mol. The van der Waals surface area contributed by atoms with E-state index in [0.29, 0.717) is 17.6 Å². The molecule has 2 saturated heterocycles. The Hall–Kier alpha value is 0.150. The molecule has 2 atom stereocenters. The van der Waals surface area contributed by atoms with Crippen molar-refractivity contribution >= 4 is 49.2 Å². The van der Waals surface area contributed by atoms with Crippen LogP contribution < -0.4 is 0 Å². The lowest BCUT2D eigenvalue weighted by Gasteiger charge is -2.31. The molecular weight excluding hydrogens is 389 g/mol. The van der Waals surface area contributed by atoms with Gasteiger partial charge in [-0.15, -0.1) is 0 Å². The Morgan fingerprint density at radius 2 is 1.65 bits per heavy atom. The first-order valence-electron chi connectivity index (χ1n) is 6.18. The monoisotopic (exact) mass is 399 g/mol. The minimum absolute atomic E-state index is 0.0171. The summed E-state index contributed by atoms with van der Waals surface area (Å²) >= 11 is 15.4. The minimum atomic E-state index is -3.70. The van der Waals surface area contributed by atoms with Crippen molar-refractivity contribution < 1.29 is 13.2 Å². The molecule has 0 aromatic heterocycles. The summed E-state index contributed by atoms with van der Waals surface area (Å²) in [5.41, 5.74) is 0. The molecule has 2 heterocycles. The van der Waals surface area contributed by atoms with E-state index in [4.69, 9.17) is 27.9 Å². The van der Waals surface area contributed by atoms with Gasteiger partial charge >= 0.3 is 0 Å². The fourth-order valence-corrected chi connectivity index (χ4v) is 6.07. The van der Waals surface area contributed by atoms with Gasteiger partial charge in [0.1, 0.15) is 4.90 Å². The molecule has 20 heavy (non-hydrogen) atoms. The number of nitrogens with zero attached hydrogens (tertiary/aromatic N) is 1. The molecule has 0 aliphatic carbocycles. The zero-order valence-corrected chi connectivity index (χ0v) is 14.3. The van der Waals surface area contributed by atoms with Crippen LogP contribution in [0.1, 0.15) is 12.8 Å². The molecule has 110 valence electrons. The molecule has 0 radical (unpaired) electrons. The Bertz CT molecular complexity index is 617. The van der Waals surface area contributed by atoms with Gasteiger partial charge in [-0.25, -0.2) is 8.42 Å². The van der Waals surface area contributed by atoms with Crippen LogP contribution in [-0.2, 0) is 14.8 Å². The number of hydrogen-bond donors (Lipinski definition) is 0. The maximum Gasteiger partial charge on any atom is 0.246 e. The van der Waals surface area contributed by atoms with E-state index in [1.165, 1.54) is 16.4 Å². The molecule has 2 fully saturated rings. The van der Waals surface area contributed by atoms with Crippen molar-refractivity contribution in [2.24, 2.45) is 0 Å². The van der Waals surface area contributed by atoms with Gasteiger partial charge in [-0.2, -0.15) is 4.31 Å². The summed E-state index contributed by atoms with van der Waals surface area (Å²) in [5, 5.41) is 0.256. The molecule has 8 heteroatoms. The zero-order chi connectivity index (χ0) is 14.5. The van der Waals surface area contributed by atoms with Crippen LogP contribution in [-0.4, -0.2) is 38.0 Å². The van der Waals surface area contributed by atoms with Crippen LogP contribution in [0.2, 0.25) is 10.0 Å². The predicted octanol–water partition coefficient (Wildman–Crippen LogP) is 3.31. The van der Waals surface area contributed by atoms with E-state index >= 15 is 0 Å².